The maximum absolute atomic E-state index is 12.8. The molecule has 0 saturated heterocycles. The van der Waals surface area contributed by atoms with Gasteiger partial charge in [-0.1, -0.05) is 16.8 Å². The van der Waals surface area contributed by atoms with E-state index in [0.29, 0.717) is 12.3 Å². The minimum absolute atomic E-state index is 0.00105. The first-order chi connectivity index (χ1) is 12.3. The largest absolute Gasteiger partial charge is 0.399 e. The number of ketones is 1. The lowest BCUT2D eigenvalue weighted by Gasteiger charge is -2.20. The number of carbonyl (C=O) groups is 1. The molecule has 2 aromatic rings. The molecule has 0 radical (unpaired) electrons. The minimum Gasteiger partial charge on any atom is -0.399 e. The van der Waals surface area contributed by atoms with E-state index in [-0.39, 0.29) is 38.8 Å². The number of oxime groups is 1. The van der Waals surface area contributed by atoms with Crippen molar-refractivity contribution >= 4 is 32.9 Å². The fraction of sp³-hybridized carbons (Fsp3) is 0.312. The highest BCUT2D eigenvalue weighted by atomic mass is 35.5. The molecule has 0 atom stereocenters. The summed E-state index contributed by atoms with van der Waals surface area (Å²) in [6, 6.07) is 2.64. The van der Waals surface area contributed by atoms with Crippen LogP contribution in [0, 0.1) is 0 Å². The molecule has 1 aliphatic rings. The molecule has 138 valence electrons. The van der Waals surface area contributed by atoms with Crippen molar-refractivity contribution in [3.05, 3.63) is 50.4 Å². The summed E-state index contributed by atoms with van der Waals surface area (Å²) in [7, 11) is -2.20. The Balaban J connectivity index is 2.21. The van der Waals surface area contributed by atoms with Crippen molar-refractivity contribution in [3.8, 4) is 0 Å². The monoisotopic (exact) mass is 397 g/mol. The van der Waals surface area contributed by atoms with Crippen LogP contribution in [0.5, 0.6) is 0 Å². The Labute approximate surface area is 154 Å². The molecule has 1 N–H and O–H groups in total. The highest BCUT2D eigenvalue weighted by molar-refractivity contribution is 7.91. The van der Waals surface area contributed by atoms with Crippen LogP contribution in [0.4, 0.5) is 0 Å². The van der Waals surface area contributed by atoms with Crippen LogP contribution in [0.3, 0.4) is 0 Å². The van der Waals surface area contributed by atoms with E-state index >= 15 is 0 Å². The number of aryl methyl sites for hydroxylation is 1. The number of fused-ring (bicyclic) bond motifs is 1. The predicted octanol–water partition coefficient (Wildman–Crippen LogP) is 1.61. The Hall–Kier alpha value is -2.39. The van der Waals surface area contributed by atoms with Gasteiger partial charge in [0.1, 0.15) is 12.7 Å². The van der Waals surface area contributed by atoms with Gasteiger partial charge in [-0.15, -0.1) is 0 Å². The van der Waals surface area contributed by atoms with E-state index in [9.17, 15) is 18.0 Å². The molecule has 0 bridgehead atoms. The third-order valence-electron chi connectivity index (χ3n) is 4.18. The number of rotatable bonds is 4. The lowest BCUT2D eigenvalue weighted by molar-refractivity contribution is 0.103. The molecule has 10 heteroatoms. The average molecular weight is 398 g/mol. The molecule has 8 nitrogen and oxygen atoms in total. The molecule has 1 aliphatic heterocycles. The lowest BCUT2D eigenvalue weighted by atomic mass is 9.99. The second-order valence-corrected chi connectivity index (χ2v) is 8.11. The van der Waals surface area contributed by atoms with Crippen molar-refractivity contribution in [1.82, 2.24) is 9.78 Å². The van der Waals surface area contributed by atoms with Gasteiger partial charge in [0, 0.05) is 30.3 Å². The molecule has 1 aromatic carbocycles. The summed E-state index contributed by atoms with van der Waals surface area (Å²) in [6.07, 6.45) is 1.43. The Kier molecular flexibility index (Phi) is 4.76. The number of aromatic nitrogens is 2. The van der Waals surface area contributed by atoms with Gasteiger partial charge in [-0.3, -0.25) is 14.3 Å². The predicted molar refractivity (Wildman–Crippen MR) is 95.8 cm³/mol. The lowest BCUT2D eigenvalue weighted by Crippen LogP contribution is -2.25. The fourth-order valence-corrected chi connectivity index (χ4v) is 4.78. The van der Waals surface area contributed by atoms with Crippen molar-refractivity contribution in [2.24, 2.45) is 5.16 Å². The third kappa shape index (κ3) is 2.86. The number of aromatic amines is 1. The molecule has 26 heavy (non-hydrogen) atoms. The van der Waals surface area contributed by atoms with Gasteiger partial charge in [-0.05, 0) is 19.1 Å². The number of hydrogen-bond acceptors (Lipinski definition) is 6. The topological polar surface area (TPSA) is 111 Å². The Morgan fingerprint density at radius 2 is 2.12 bits per heavy atom. The number of hydrogen-bond donors (Lipinski definition) is 1. The number of halogens is 1. The molecular formula is C16H16ClN3O5S. The maximum atomic E-state index is 12.8. The summed E-state index contributed by atoms with van der Waals surface area (Å²) >= 11 is 6.38. The number of nitrogens with one attached hydrogen (secondary N) is 1. The van der Waals surface area contributed by atoms with Gasteiger partial charge in [-0.25, -0.2) is 8.42 Å². The van der Waals surface area contributed by atoms with E-state index in [4.69, 9.17) is 16.4 Å². The molecule has 0 unspecified atom stereocenters. The zero-order valence-corrected chi connectivity index (χ0v) is 15.6. The average Bonchev–Trinajstić information content (AvgIpc) is 2.98. The first-order valence-electron chi connectivity index (χ1n) is 7.80. The summed E-state index contributed by atoms with van der Waals surface area (Å²) in [5.41, 5.74) is -0.0121. The zero-order chi connectivity index (χ0) is 19.1. The molecule has 0 amide bonds. The summed E-state index contributed by atoms with van der Waals surface area (Å²) in [4.78, 5) is 29.8. The number of sulfone groups is 1. The number of nitrogens with zero attached hydrogens (tertiary/aromatic N) is 2. The first-order valence-corrected chi connectivity index (χ1v) is 9.83. The van der Waals surface area contributed by atoms with Crippen LogP contribution in [-0.2, 0) is 21.2 Å². The van der Waals surface area contributed by atoms with Gasteiger partial charge in [0.2, 0.25) is 5.78 Å². The van der Waals surface area contributed by atoms with E-state index in [1.807, 2.05) is 0 Å². The molecule has 0 spiro atoms. The van der Waals surface area contributed by atoms with Crippen LogP contribution in [0.15, 0.2) is 33.2 Å². The summed E-state index contributed by atoms with van der Waals surface area (Å²) in [5.74, 6) is -0.712. The second-order valence-electron chi connectivity index (χ2n) is 5.66. The van der Waals surface area contributed by atoms with Crippen LogP contribution < -0.4 is 5.56 Å². The summed E-state index contributed by atoms with van der Waals surface area (Å²) in [6.45, 7) is 2.14. The van der Waals surface area contributed by atoms with Gasteiger partial charge in [0.05, 0.1) is 21.4 Å². The van der Waals surface area contributed by atoms with E-state index < -0.39 is 21.2 Å². The highest BCUT2D eigenvalue weighted by Crippen LogP contribution is 2.34. The molecule has 0 fully saturated rings. The molecule has 2 heterocycles. The van der Waals surface area contributed by atoms with E-state index in [2.05, 4.69) is 10.3 Å². The molecular weight excluding hydrogens is 382 g/mol. The van der Waals surface area contributed by atoms with Crippen LogP contribution >= 0.6 is 11.6 Å². The van der Waals surface area contributed by atoms with Crippen molar-refractivity contribution in [1.29, 1.82) is 0 Å². The first kappa shape index (κ1) is 18.4. The quantitative estimate of drug-likeness (QED) is 0.622. The highest BCUT2D eigenvalue weighted by Gasteiger charge is 2.33. The normalized spacial score (nSPS) is 17.1. The Bertz CT molecular complexity index is 1080. The van der Waals surface area contributed by atoms with Gasteiger partial charge in [0.25, 0.3) is 5.56 Å². The van der Waals surface area contributed by atoms with Gasteiger partial charge < -0.3 is 9.94 Å². The Morgan fingerprint density at radius 1 is 1.38 bits per heavy atom. The van der Waals surface area contributed by atoms with Gasteiger partial charge in [-0.2, -0.15) is 0 Å². The smallest absolute Gasteiger partial charge is 0.277 e. The number of H-pyrrole nitrogens is 1. The SMILES string of the molecule is CCn1[nH]cc(C(=O)c2ccc3c(c2Cl)/C(=N/OC)CCS3(=O)=O)c1=O. The molecule has 3 rings (SSSR count). The van der Waals surface area contributed by atoms with Crippen LogP contribution in [0.1, 0.15) is 34.8 Å². The molecule has 0 aliphatic carbocycles. The summed E-state index contributed by atoms with van der Waals surface area (Å²) < 4.78 is 25.9. The standard InChI is InChI=1S/C16H16ClN3O5S/c1-3-20-16(22)10(8-18-20)15(21)9-4-5-12-13(14(9)17)11(19-25-2)6-7-26(12,23)24/h4-5,8,18H,3,6-7H2,1-2H3/b19-11+. The Morgan fingerprint density at radius 3 is 2.73 bits per heavy atom. The van der Waals surface area contributed by atoms with Crippen LogP contribution in [0.25, 0.3) is 0 Å². The zero-order valence-electron chi connectivity index (χ0n) is 14.1. The van der Waals surface area contributed by atoms with Crippen molar-refractivity contribution in [2.75, 3.05) is 12.9 Å². The van der Waals surface area contributed by atoms with Crippen molar-refractivity contribution in [2.45, 2.75) is 24.8 Å². The van der Waals surface area contributed by atoms with Crippen molar-refractivity contribution < 1.29 is 18.0 Å². The van der Waals surface area contributed by atoms with E-state index in [1.165, 1.54) is 30.1 Å². The molecule has 1 aromatic heterocycles. The molecule has 0 saturated carbocycles. The number of carbonyl (C=O) groups excluding carboxylic acids is 1. The van der Waals surface area contributed by atoms with E-state index in [1.54, 1.807) is 6.92 Å². The van der Waals surface area contributed by atoms with Crippen molar-refractivity contribution in [3.63, 3.8) is 0 Å². The van der Waals surface area contributed by atoms with Crippen LogP contribution in [-0.4, -0.2) is 42.6 Å². The maximum Gasteiger partial charge on any atom is 0.277 e. The summed E-state index contributed by atoms with van der Waals surface area (Å²) in [5, 5.41) is 6.48. The second kappa shape index (κ2) is 6.73. The third-order valence-corrected chi connectivity index (χ3v) is 6.33. The fourth-order valence-electron chi connectivity index (χ4n) is 2.88. The van der Waals surface area contributed by atoms with E-state index in [0.717, 1.165) is 0 Å². The minimum atomic E-state index is -3.54. The van der Waals surface area contributed by atoms with Gasteiger partial charge in [0.15, 0.2) is 9.84 Å². The number of benzene rings is 1. The van der Waals surface area contributed by atoms with Gasteiger partial charge >= 0.3 is 0 Å². The van der Waals surface area contributed by atoms with Crippen LogP contribution in [0.2, 0.25) is 5.02 Å².